The Morgan fingerprint density at radius 3 is 2.81 bits per heavy atom. The van der Waals surface area contributed by atoms with E-state index >= 15 is 0 Å². The van der Waals surface area contributed by atoms with Crippen molar-refractivity contribution in [3.05, 3.63) is 23.2 Å². The van der Waals surface area contributed by atoms with Gasteiger partial charge in [-0.05, 0) is 31.0 Å². The molecule has 1 fully saturated rings. The van der Waals surface area contributed by atoms with Crippen molar-refractivity contribution in [2.75, 3.05) is 30.9 Å². The molecule has 116 valence electrons. The number of amides is 2. The van der Waals surface area contributed by atoms with E-state index in [2.05, 4.69) is 10.6 Å². The molecule has 5 nitrogen and oxygen atoms in total. The zero-order valence-electron chi connectivity index (χ0n) is 12.4. The second kappa shape index (κ2) is 7.00. The number of carbonyl (C=O) groups excluding carboxylic acids is 1. The minimum absolute atomic E-state index is 0.156. The Hall–Kier alpha value is -1.46. The molecule has 6 heteroatoms. The highest BCUT2D eigenvalue weighted by Crippen LogP contribution is 2.28. The molecule has 1 aromatic carbocycles. The summed E-state index contributed by atoms with van der Waals surface area (Å²) in [5.74, 6) is 0.156. The van der Waals surface area contributed by atoms with Crippen LogP contribution >= 0.6 is 11.6 Å². The third-order valence-corrected chi connectivity index (χ3v) is 4.07. The molecule has 21 heavy (non-hydrogen) atoms. The number of benzene rings is 1. The van der Waals surface area contributed by atoms with Gasteiger partial charge in [0, 0.05) is 31.6 Å². The Bertz CT molecular complexity index is 508. The molecule has 0 bridgehead atoms. The van der Waals surface area contributed by atoms with Crippen molar-refractivity contribution < 1.29 is 9.90 Å². The second-order valence-electron chi connectivity index (χ2n) is 5.65. The van der Waals surface area contributed by atoms with Crippen LogP contribution in [0.5, 0.6) is 0 Å². The smallest absolute Gasteiger partial charge is 0.319 e. The van der Waals surface area contributed by atoms with Gasteiger partial charge in [-0.1, -0.05) is 18.0 Å². The highest BCUT2D eigenvalue weighted by Gasteiger charge is 2.25. The van der Waals surface area contributed by atoms with E-state index in [0.29, 0.717) is 17.3 Å². The Morgan fingerprint density at radius 2 is 2.19 bits per heavy atom. The molecular weight excluding hydrogens is 290 g/mol. The monoisotopic (exact) mass is 311 g/mol. The maximum Gasteiger partial charge on any atom is 0.319 e. The van der Waals surface area contributed by atoms with Gasteiger partial charge in [0.05, 0.1) is 17.5 Å². The van der Waals surface area contributed by atoms with Crippen molar-refractivity contribution in [3.8, 4) is 0 Å². The number of aliphatic hydroxyl groups excluding tert-OH is 1. The Morgan fingerprint density at radius 1 is 1.43 bits per heavy atom. The molecule has 1 aromatic rings. The molecule has 0 spiro atoms. The maximum atomic E-state index is 12.0. The third kappa shape index (κ3) is 4.25. The SMILES string of the molecule is CN(C)c1ccc(Cl)cc1NC(=O)NC[C@@H]1CCC[C@@H]1O. The standard InChI is InChI=1S/C15H22ClN3O2/c1-19(2)13-7-6-11(16)8-12(13)18-15(21)17-9-10-4-3-5-14(10)20/h6-8,10,14,20H,3-5,9H2,1-2H3,(H2,17,18,21)/t10-,14-/m0/s1. The van der Waals surface area contributed by atoms with E-state index in [4.69, 9.17) is 11.6 Å². The number of nitrogens with one attached hydrogen (secondary N) is 2. The lowest BCUT2D eigenvalue weighted by Gasteiger charge is -2.19. The van der Waals surface area contributed by atoms with E-state index in [0.717, 1.165) is 24.9 Å². The van der Waals surface area contributed by atoms with Gasteiger partial charge in [0.15, 0.2) is 0 Å². The zero-order valence-corrected chi connectivity index (χ0v) is 13.2. The first kappa shape index (κ1) is 15.9. The van der Waals surface area contributed by atoms with Crippen LogP contribution in [-0.2, 0) is 0 Å². The quantitative estimate of drug-likeness (QED) is 0.801. The summed E-state index contributed by atoms with van der Waals surface area (Å²) in [7, 11) is 3.81. The van der Waals surface area contributed by atoms with Crippen molar-refractivity contribution >= 4 is 29.0 Å². The number of rotatable bonds is 4. The van der Waals surface area contributed by atoms with Crippen molar-refractivity contribution in [1.29, 1.82) is 0 Å². The van der Waals surface area contributed by atoms with E-state index < -0.39 is 0 Å². The minimum Gasteiger partial charge on any atom is -0.393 e. The molecule has 0 aliphatic heterocycles. The highest BCUT2D eigenvalue weighted by molar-refractivity contribution is 6.31. The second-order valence-corrected chi connectivity index (χ2v) is 6.09. The first-order valence-corrected chi connectivity index (χ1v) is 7.55. The molecule has 0 aromatic heterocycles. The molecule has 0 saturated heterocycles. The number of hydrogen-bond donors (Lipinski definition) is 3. The molecule has 1 aliphatic carbocycles. The maximum absolute atomic E-state index is 12.0. The van der Waals surface area contributed by atoms with Crippen LogP contribution in [0.25, 0.3) is 0 Å². The van der Waals surface area contributed by atoms with Crippen LogP contribution in [0.1, 0.15) is 19.3 Å². The zero-order chi connectivity index (χ0) is 15.4. The van der Waals surface area contributed by atoms with Crippen LogP contribution in [0.3, 0.4) is 0 Å². The lowest BCUT2D eigenvalue weighted by Crippen LogP contribution is -2.35. The summed E-state index contributed by atoms with van der Waals surface area (Å²) < 4.78 is 0. The molecule has 2 atom stereocenters. The van der Waals surface area contributed by atoms with E-state index in [-0.39, 0.29) is 18.1 Å². The average Bonchev–Trinajstić information content (AvgIpc) is 2.81. The van der Waals surface area contributed by atoms with Crippen molar-refractivity contribution in [1.82, 2.24) is 5.32 Å². The summed E-state index contributed by atoms with van der Waals surface area (Å²) >= 11 is 5.98. The number of aliphatic hydroxyl groups is 1. The van der Waals surface area contributed by atoms with Crippen LogP contribution in [0.2, 0.25) is 5.02 Å². The summed E-state index contributed by atoms with van der Waals surface area (Å²) in [4.78, 5) is 13.9. The van der Waals surface area contributed by atoms with Crippen molar-refractivity contribution in [3.63, 3.8) is 0 Å². The number of halogens is 1. The van der Waals surface area contributed by atoms with Crippen LogP contribution in [-0.4, -0.2) is 37.9 Å². The number of carbonyl (C=O) groups is 1. The van der Waals surface area contributed by atoms with Gasteiger partial charge in [0.25, 0.3) is 0 Å². The molecular formula is C15H22ClN3O2. The van der Waals surface area contributed by atoms with Crippen LogP contribution in [0.15, 0.2) is 18.2 Å². The largest absolute Gasteiger partial charge is 0.393 e. The predicted molar refractivity (Wildman–Crippen MR) is 86.1 cm³/mol. The Balaban J connectivity index is 1.94. The van der Waals surface area contributed by atoms with Gasteiger partial charge in [0.2, 0.25) is 0 Å². The van der Waals surface area contributed by atoms with Gasteiger partial charge >= 0.3 is 6.03 Å². The van der Waals surface area contributed by atoms with Crippen LogP contribution in [0.4, 0.5) is 16.2 Å². The average molecular weight is 312 g/mol. The molecule has 0 radical (unpaired) electrons. The van der Waals surface area contributed by atoms with E-state index in [9.17, 15) is 9.90 Å². The van der Waals surface area contributed by atoms with E-state index in [1.807, 2.05) is 25.1 Å². The number of anilines is 2. The van der Waals surface area contributed by atoms with Gasteiger partial charge in [-0.3, -0.25) is 0 Å². The summed E-state index contributed by atoms with van der Waals surface area (Å²) in [6.07, 6.45) is 2.51. The summed E-state index contributed by atoms with van der Waals surface area (Å²) in [5, 5.41) is 16.0. The number of urea groups is 1. The molecule has 0 heterocycles. The minimum atomic E-state index is -0.297. The van der Waals surface area contributed by atoms with Crippen LogP contribution < -0.4 is 15.5 Å². The first-order chi connectivity index (χ1) is 9.97. The molecule has 2 amide bonds. The number of hydrogen-bond acceptors (Lipinski definition) is 3. The fourth-order valence-corrected chi connectivity index (χ4v) is 2.82. The first-order valence-electron chi connectivity index (χ1n) is 7.17. The topological polar surface area (TPSA) is 64.6 Å². The van der Waals surface area contributed by atoms with Gasteiger partial charge in [-0.25, -0.2) is 4.79 Å². The number of nitrogens with zero attached hydrogens (tertiary/aromatic N) is 1. The molecule has 2 rings (SSSR count). The van der Waals surface area contributed by atoms with E-state index in [1.165, 1.54) is 0 Å². The summed E-state index contributed by atoms with van der Waals surface area (Å²) in [5.41, 5.74) is 1.55. The van der Waals surface area contributed by atoms with Crippen LogP contribution in [0, 0.1) is 5.92 Å². The Labute approximate surface area is 130 Å². The van der Waals surface area contributed by atoms with Crippen molar-refractivity contribution in [2.45, 2.75) is 25.4 Å². The third-order valence-electron chi connectivity index (χ3n) is 3.83. The lowest BCUT2D eigenvalue weighted by molar-refractivity contribution is 0.133. The molecule has 0 unspecified atom stereocenters. The molecule has 1 saturated carbocycles. The lowest BCUT2D eigenvalue weighted by atomic mass is 10.1. The highest BCUT2D eigenvalue weighted by atomic mass is 35.5. The fourth-order valence-electron chi connectivity index (χ4n) is 2.64. The van der Waals surface area contributed by atoms with Gasteiger partial charge in [-0.2, -0.15) is 0 Å². The summed E-state index contributed by atoms with van der Waals surface area (Å²) in [6.45, 7) is 0.491. The predicted octanol–water partition coefficient (Wildman–Crippen LogP) is 2.69. The fraction of sp³-hybridized carbons (Fsp3) is 0.533. The molecule has 1 aliphatic rings. The van der Waals surface area contributed by atoms with Crippen molar-refractivity contribution in [2.24, 2.45) is 5.92 Å². The molecule has 3 N–H and O–H groups in total. The Kier molecular flexibility index (Phi) is 5.31. The van der Waals surface area contributed by atoms with Gasteiger partial charge in [-0.15, -0.1) is 0 Å². The van der Waals surface area contributed by atoms with Gasteiger partial charge in [0.1, 0.15) is 0 Å². The van der Waals surface area contributed by atoms with E-state index in [1.54, 1.807) is 12.1 Å². The normalized spacial score (nSPS) is 21.1. The van der Waals surface area contributed by atoms with Gasteiger partial charge < -0.3 is 20.6 Å². The summed E-state index contributed by atoms with van der Waals surface area (Å²) in [6, 6.07) is 5.09.